The second-order valence-electron chi connectivity index (χ2n) is 6.95. The highest BCUT2D eigenvalue weighted by Crippen LogP contribution is 2.41. The molecule has 3 heteroatoms. The molecule has 0 aromatic rings. The van der Waals surface area contributed by atoms with E-state index in [0.717, 1.165) is 25.7 Å². The standard InChI is InChI=1S/C16H32N2O/c1-5-17-15-14(7-6-10-16(15,2)3)18(11-12-19-4)13-8-9-13/h13-15,17H,5-12H2,1-4H3. The molecule has 2 unspecified atom stereocenters. The van der Waals surface area contributed by atoms with Crippen LogP contribution in [0.4, 0.5) is 0 Å². The highest BCUT2D eigenvalue weighted by molar-refractivity contribution is 5.01. The van der Waals surface area contributed by atoms with Crippen molar-refractivity contribution in [2.24, 2.45) is 5.41 Å². The van der Waals surface area contributed by atoms with Crippen molar-refractivity contribution in [3.63, 3.8) is 0 Å². The van der Waals surface area contributed by atoms with Crippen molar-refractivity contribution < 1.29 is 4.74 Å². The van der Waals surface area contributed by atoms with Crippen LogP contribution in [0.3, 0.4) is 0 Å². The zero-order chi connectivity index (χ0) is 13.9. The van der Waals surface area contributed by atoms with Gasteiger partial charge in [-0.05, 0) is 37.6 Å². The van der Waals surface area contributed by atoms with Gasteiger partial charge in [-0.1, -0.05) is 27.2 Å². The fourth-order valence-corrected chi connectivity index (χ4v) is 3.82. The number of rotatable bonds is 7. The fraction of sp³-hybridized carbons (Fsp3) is 1.00. The maximum atomic E-state index is 5.33. The van der Waals surface area contributed by atoms with Gasteiger partial charge in [0.25, 0.3) is 0 Å². The monoisotopic (exact) mass is 268 g/mol. The predicted molar refractivity (Wildman–Crippen MR) is 80.5 cm³/mol. The molecule has 0 bridgehead atoms. The molecule has 0 saturated heterocycles. The van der Waals surface area contributed by atoms with Gasteiger partial charge in [0.1, 0.15) is 0 Å². The molecule has 2 rings (SSSR count). The van der Waals surface area contributed by atoms with Crippen LogP contribution in [0.5, 0.6) is 0 Å². The summed E-state index contributed by atoms with van der Waals surface area (Å²) in [5, 5.41) is 3.78. The summed E-state index contributed by atoms with van der Waals surface area (Å²) in [4.78, 5) is 2.75. The average molecular weight is 268 g/mol. The van der Waals surface area contributed by atoms with E-state index in [2.05, 4.69) is 31.0 Å². The van der Waals surface area contributed by atoms with Gasteiger partial charge >= 0.3 is 0 Å². The van der Waals surface area contributed by atoms with Crippen molar-refractivity contribution >= 4 is 0 Å². The lowest BCUT2D eigenvalue weighted by atomic mass is 9.70. The molecule has 0 heterocycles. The third kappa shape index (κ3) is 3.71. The summed E-state index contributed by atoms with van der Waals surface area (Å²) in [6.45, 7) is 10.2. The van der Waals surface area contributed by atoms with E-state index in [0.29, 0.717) is 17.5 Å². The van der Waals surface area contributed by atoms with E-state index in [9.17, 15) is 0 Å². The molecule has 0 aromatic heterocycles. The summed E-state index contributed by atoms with van der Waals surface area (Å²) >= 11 is 0. The van der Waals surface area contributed by atoms with Crippen LogP contribution in [0.25, 0.3) is 0 Å². The lowest BCUT2D eigenvalue weighted by molar-refractivity contribution is 0.0290. The minimum atomic E-state index is 0.416. The normalized spacial score (nSPS) is 30.8. The Morgan fingerprint density at radius 2 is 2.00 bits per heavy atom. The number of ether oxygens (including phenoxy) is 1. The second-order valence-corrected chi connectivity index (χ2v) is 6.95. The first-order chi connectivity index (χ1) is 9.10. The molecule has 0 aromatic carbocycles. The van der Waals surface area contributed by atoms with Crippen LogP contribution in [0.2, 0.25) is 0 Å². The molecule has 2 aliphatic rings. The molecule has 3 nitrogen and oxygen atoms in total. The van der Waals surface area contributed by atoms with Crippen LogP contribution < -0.4 is 5.32 Å². The Balaban J connectivity index is 2.08. The molecule has 0 amide bonds. The van der Waals surface area contributed by atoms with E-state index in [1.54, 1.807) is 0 Å². The van der Waals surface area contributed by atoms with Crippen LogP contribution in [-0.2, 0) is 4.74 Å². The van der Waals surface area contributed by atoms with Gasteiger partial charge in [0.15, 0.2) is 0 Å². The maximum Gasteiger partial charge on any atom is 0.0589 e. The number of nitrogens with one attached hydrogen (secondary N) is 1. The zero-order valence-electron chi connectivity index (χ0n) is 13.2. The zero-order valence-corrected chi connectivity index (χ0v) is 13.2. The Morgan fingerprint density at radius 1 is 1.26 bits per heavy atom. The van der Waals surface area contributed by atoms with Crippen LogP contribution >= 0.6 is 0 Å². The van der Waals surface area contributed by atoms with Crippen molar-refractivity contribution in [1.29, 1.82) is 0 Å². The average Bonchev–Trinajstić information content (AvgIpc) is 3.18. The smallest absolute Gasteiger partial charge is 0.0589 e. The first-order valence-electron chi connectivity index (χ1n) is 8.08. The summed E-state index contributed by atoms with van der Waals surface area (Å²) in [6, 6.07) is 2.16. The van der Waals surface area contributed by atoms with Gasteiger partial charge in [0, 0.05) is 31.8 Å². The van der Waals surface area contributed by atoms with Crippen molar-refractivity contribution in [1.82, 2.24) is 10.2 Å². The number of nitrogens with zero attached hydrogens (tertiary/aromatic N) is 1. The Bertz CT molecular complexity index is 276. The van der Waals surface area contributed by atoms with Gasteiger partial charge in [0.05, 0.1) is 6.61 Å². The lowest BCUT2D eigenvalue weighted by Crippen LogP contribution is -2.59. The van der Waals surface area contributed by atoms with Gasteiger partial charge in [0.2, 0.25) is 0 Å². The van der Waals surface area contributed by atoms with Gasteiger partial charge in [-0.3, -0.25) is 4.90 Å². The van der Waals surface area contributed by atoms with Gasteiger partial charge < -0.3 is 10.1 Å². The Kier molecular flexibility index (Phi) is 5.27. The summed E-state index contributed by atoms with van der Waals surface area (Å²) in [6.07, 6.45) is 6.85. The number of methoxy groups -OCH3 is 1. The molecule has 2 aliphatic carbocycles. The van der Waals surface area contributed by atoms with Crippen LogP contribution in [0.15, 0.2) is 0 Å². The summed E-state index contributed by atoms with van der Waals surface area (Å²) in [5.74, 6) is 0. The molecule has 1 N–H and O–H groups in total. The molecule has 112 valence electrons. The van der Waals surface area contributed by atoms with E-state index in [-0.39, 0.29) is 0 Å². The first-order valence-corrected chi connectivity index (χ1v) is 8.08. The van der Waals surface area contributed by atoms with Gasteiger partial charge in [-0.15, -0.1) is 0 Å². The third-order valence-corrected chi connectivity index (χ3v) is 4.97. The maximum absolute atomic E-state index is 5.33. The van der Waals surface area contributed by atoms with Gasteiger partial charge in [-0.2, -0.15) is 0 Å². The van der Waals surface area contributed by atoms with E-state index in [1.807, 2.05) is 7.11 Å². The molecular weight excluding hydrogens is 236 g/mol. The van der Waals surface area contributed by atoms with Crippen LogP contribution in [-0.4, -0.2) is 49.8 Å². The topological polar surface area (TPSA) is 24.5 Å². The second kappa shape index (κ2) is 6.55. The molecule has 0 spiro atoms. The molecular formula is C16H32N2O. The lowest BCUT2D eigenvalue weighted by Gasteiger charge is -2.49. The van der Waals surface area contributed by atoms with Crippen molar-refractivity contribution in [3.05, 3.63) is 0 Å². The van der Waals surface area contributed by atoms with Crippen LogP contribution in [0.1, 0.15) is 52.9 Å². The summed E-state index contributed by atoms with van der Waals surface area (Å²) in [5.41, 5.74) is 0.416. The van der Waals surface area contributed by atoms with E-state index >= 15 is 0 Å². The highest BCUT2D eigenvalue weighted by Gasteiger charge is 2.44. The molecule has 19 heavy (non-hydrogen) atoms. The van der Waals surface area contributed by atoms with Crippen LogP contribution in [0, 0.1) is 5.41 Å². The van der Waals surface area contributed by atoms with Crippen molar-refractivity contribution in [3.8, 4) is 0 Å². The Labute approximate surface area is 119 Å². The minimum Gasteiger partial charge on any atom is -0.383 e. The van der Waals surface area contributed by atoms with Gasteiger partial charge in [-0.25, -0.2) is 0 Å². The number of hydrogen-bond acceptors (Lipinski definition) is 3. The molecule has 2 atom stereocenters. The van der Waals surface area contributed by atoms with E-state index in [4.69, 9.17) is 4.74 Å². The quantitative estimate of drug-likeness (QED) is 0.768. The third-order valence-electron chi connectivity index (χ3n) is 4.97. The van der Waals surface area contributed by atoms with Crippen molar-refractivity contribution in [2.45, 2.75) is 71.0 Å². The molecule has 0 radical (unpaired) electrons. The number of likely N-dealkylation sites (N-methyl/N-ethyl adjacent to an activating group) is 1. The molecule has 2 fully saturated rings. The highest BCUT2D eigenvalue weighted by atomic mass is 16.5. The van der Waals surface area contributed by atoms with E-state index in [1.165, 1.54) is 32.1 Å². The predicted octanol–water partition coefficient (Wildman–Crippen LogP) is 2.65. The van der Waals surface area contributed by atoms with Crippen molar-refractivity contribution in [2.75, 3.05) is 26.8 Å². The molecule has 0 aliphatic heterocycles. The fourth-order valence-electron chi connectivity index (χ4n) is 3.82. The van der Waals surface area contributed by atoms with E-state index < -0.39 is 0 Å². The Hall–Kier alpha value is -0.120. The SMILES string of the molecule is CCNC1C(N(CCOC)C2CC2)CCCC1(C)C. The summed E-state index contributed by atoms with van der Waals surface area (Å²) < 4.78 is 5.33. The first kappa shape index (κ1) is 15.3. The Morgan fingerprint density at radius 3 is 2.58 bits per heavy atom. The summed E-state index contributed by atoms with van der Waals surface area (Å²) in [7, 11) is 1.82. The minimum absolute atomic E-state index is 0.416. The number of hydrogen-bond donors (Lipinski definition) is 1. The molecule has 2 saturated carbocycles. The largest absolute Gasteiger partial charge is 0.383 e.